The summed E-state index contributed by atoms with van der Waals surface area (Å²) < 4.78 is 7.64. The van der Waals surface area contributed by atoms with Gasteiger partial charge in [0.2, 0.25) is 5.95 Å². The molecule has 3 aromatic rings. The van der Waals surface area contributed by atoms with Crippen molar-refractivity contribution in [1.29, 1.82) is 0 Å². The predicted molar refractivity (Wildman–Crippen MR) is 107 cm³/mol. The minimum absolute atomic E-state index is 0.289. The molecule has 0 N–H and O–H groups in total. The van der Waals surface area contributed by atoms with Crippen LogP contribution in [0.5, 0.6) is 0 Å². The average Bonchev–Trinajstić information content (AvgIpc) is 3.34. The molecule has 1 aliphatic heterocycles. The standard InChI is InChI=1S/C21H23N5O/c1-14(2)26-13-22-19-18(17-8-4-6-15-5-3-7-16(15)17)23-21(24-20(19)26)25-9-11-27-12-10-25/h3-4,6-8,13-14H,5,9-12H2,1-2H3. The summed E-state index contributed by atoms with van der Waals surface area (Å²) >= 11 is 0. The van der Waals surface area contributed by atoms with E-state index in [4.69, 9.17) is 19.7 Å². The lowest BCUT2D eigenvalue weighted by atomic mass is 10.0. The molecule has 2 aromatic heterocycles. The van der Waals surface area contributed by atoms with Gasteiger partial charge >= 0.3 is 0 Å². The largest absolute Gasteiger partial charge is 0.378 e. The Hall–Kier alpha value is -2.73. The van der Waals surface area contributed by atoms with Crippen molar-refractivity contribution < 1.29 is 4.74 Å². The van der Waals surface area contributed by atoms with Gasteiger partial charge in [0, 0.05) is 24.7 Å². The quantitative estimate of drug-likeness (QED) is 0.715. The molecule has 138 valence electrons. The summed E-state index contributed by atoms with van der Waals surface area (Å²) in [5.41, 5.74) is 6.42. The average molecular weight is 361 g/mol. The third-order valence-electron chi connectivity index (χ3n) is 5.33. The number of rotatable bonds is 3. The normalized spacial score (nSPS) is 16.5. The summed E-state index contributed by atoms with van der Waals surface area (Å²) in [6.45, 7) is 7.36. The molecule has 0 atom stereocenters. The van der Waals surface area contributed by atoms with Crippen LogP contribution in [0.4, 0.5) is 5.95 Å². The van der Waals surface area contributed by atoms with E-state index in [1.165, 1.54) is 11.1 Å². The van der Waals surface area contributed by atoms with E-state index >= 15 is 0 Å². The Morgan fingerprint density at radius 1 is 1.11 bits per heavy atom. The Balaban J connectivity index is 1.75. The molecule has 5 rings (SSSR count). The summed E-state index contributed by atoms with van der Waals surface area (Å²) in [6, 6.07) is 6.74. The van der Waals surface area contributed by atoms with Crippen LogP contribution in [-0.4, -0.2) is 45.8 Å². The smallest absolute Gasteiger partial charge is 0.228 e. The fraction of sp³-hybridized carbons (Fsp3) is 0.381. The summed E-state index contributed by atoms with van der Waals surface area (Å²) in [4.78, 5) is 16.8. The second kappa shape index (κ2) is 6.46. The lowest BCUT2D eigenvalue weighted by Gasteiger charge is -2.27. The molecule has 0 saturated carbocycles. The number of anilines is 1. The van der Waals surface area contributed by atoms with Crippen molar-refractivity contribution in [3.63, 3.8) is 0 Å². The third-order valence-corrected chi connectivity index (χ3v) is 5.33. The highest BCUT2D eigenvalue weighted by atomic mass is 16.5. The molecule has 1 aliphatic carbocycles. The van der Waals surface area contributed by atoms with E-state index in [1.54, 1.807) is 0 Å². The van der Waals surface area contributed by atoms with Crippen LogP contribution in [0.25, 0.3) is 28.5 Å². The van der Waals surface area contributed by atoms with Gasteiger partial charge in [-0.1, -0.05) is 30.4 Å². The molecule has 27 heavy (non-hydrogen) atoms. The topological polar surface area (TPSA) is 56.1 Å². The highest BCUT2D eigenvalue weighted by molar-refractivity contribution is 5.92. The van der Waals surface area contributed by atoms with Gasteiger partial charge in [0.25, 0.3) is 0 Å². The summed E-state index contributed by atoms with van der Waals surface area (Å²) in [5, 5.41) is 0. The lowest BCUT2D eigenvalue weighted by Crippen LogP contribution is -2.37. The molecule has 0 unspecified atom stereocenters. The van der Waals surface area contributed by atoms with Gasteiger partial charge in [-0.2, -0.15) is 4.98 Å². The lowest BCUT2D eigenvalue weighted by molar-refractivity contribution is 0.122. The van der Waals surface area contributed by atoms with Gasteiger partial charge in [-0.25, -0.2) is 9.97 Å². The van der Waals surface area contributed by atoms with Crippen LogP contribution in [-0.2, 0) is 11.2 Å². The van der Waals surface area contributed by atoms with Crippen LogP contribution < -0.4 is 4.90 Å². The number of morpholine rings is 1. The van der Waals surface area contributed by atoms with Gasteiger partial charge in [-0.15, -0.1) is 0 Å². The van der Waals surface area contributed by atoms with Gasteiger partial charge in [-0.05, 0) is 31.4 Å². The van der Waals surface area contributed by atoms with E-state index in [1.807, 2.05) is 6.33 Å². The number of fused-ring (bicyclic) bond motifs is 2. The van der Waals surface area contributed by atoms with Crippen LogP contribution in [0.3, 0.4) is 0 Å². The number of aromatic nitrogens is 4. The van der Waals surface area contributed by atoms with Crippen molar-refractivity contribution in [3.8, 4) is 11.3 Å². The van der Waals surface area contributed by atoms with Crippen molar-refractivity contribution in [3.05, 3.63) is 41.7 Å². The molecule has 3 heterocycles. The van der Waals surface area contributed by atoms with Crippen molar-refractivity contribution in [2.75, 3.05) is 31.2 Å². The first-order valence-electron chi connectivity index (χ1n) is 9.58. The SMILES string of the molecule is CC(C)n1cnc2c(-c3cccc4c3C=CC4)nc(N3CCOCC3)nc21. The Bertz CT molecular complexity index is 1030. The van der Waals surface area contributed by atoms with Crippen LogP contribution in [0, 0.1) is 0 Å². The highest BCUT2D eigenvalue weighted by Crippen LogP contribution is 2.35. The molecule has 2 aliphatic rings. The molecule has 6 nitrogen and oxygen atoms in total. The van der Waals surface area contributed by atoms with E-state index in [-0.39, 0.29) is 6.04 Å². The maximum atomic E-state index is 5.51. The second-order valence-electron chi connectivity index (χ2n) is 7.37. The first-order chi connectivity index (χ1) is 13.2. The van der Waals surface area contributed by atoms with Crippen LogP contribution in [0.1, 0.15) is 31.0 Å². The fourth-order valence-electron chi connectivity index (χ4n) is 3.87. The van der Waals surface area contributed by atoms with Gasteiger partial charge in [-0.3, -0.25) is 0 Å². The van der Waals surface area contributed by atoms with Gasteiger partial charge < -0.3 is 14.2 Å². The van der Waals surface area contributed by atoms with Crippen molar-refractivity contribution >= 4 is 23.2 Å². The molecule has 1 fully saturated rings. The van der Waals surface area contributed by atoms with Gasteiger partial charge in [0.05, 0.1) is 19.5 Å². The van der Waals surface area contributed by atoms with Crippen LogP contribution >= 0.6 is 0 Å². The zero-order valence-corrected chi connectivity index (χ0v) is 15.7. The van der Waals surface area contributed by atoms with E-state index in [9.17, 15) is 0 Å². The van der Waals surface area contributed by atoms with Crippen LogP contribution in [0.2, 0.25) is 0 Å². The number of hydrogen-bond acceptors (Lipinski definition) is 5. The zero-order valence-electron chi connectivity index (χ0n) is 15.7. The number of allylic oxidation sites excluding steroid dienone is 1. The number of benzene rings is 1. The number of nitrogens with zero attached hydrogens (tertiary/aromatic N) is 5. The van der Waals surface area contributed by atoms with E-state index in [0.29, 0.717) is 13.2 Å². The summed E-state index contributed by atoms with van der Waals surface area (Å²) in [5.74, 6) is 0.766. The van der Waals surface area contributed by atoms with Gasteiger partial charge in [0.15, 0.2) is 5.65 Å². The maximum Gasteiger partial charge on any atom is 0.228 e. The van der Waals surface area contributed by atoms with Crippen molar-refractivity contribution in [2.24, 2.45) is 0 Å². The first-order valence-corrected chi connectivity index (χ1v) is 9.58. The number of ether oxygens (including phenoxy) is 1. The Morgan fingerprint density at radius 3 is 2.78 bits per heavy atom. The summed E-state index contributed by atoms with van der Waals surface area (Å²) in [6.07, 6.45) is 7.28. The number of imidazole rings is 1. The highest BCUT2D eigenvalue weighted by Gasteiger charge is 2.22. The summed E-state index contributed by atoms with van der Waals surface area (Å²) in [7, 11) is 0. The molecule has 1 aromatic carbocycles. The molecule has 0 bridgehead atoms. The van der Waals surface area contributed by atoms with Gasteiger partial charge in [0.1, 0.15) is 11.2 Å². The van der Waals surface area contributed by atoms with E-state index < -0.39 is 0 Å². The Morgan fingerprint density at radius 2 is 1.96 bits per heavy atom. The minimum atomic E-state index is 0.289. The van der Waals surface area contributed by atoms with Crippen LogP contribution in [0.15, 0.2) is 30.6 Å². The Labute approximate surface area is 158 Å². The first kappa shape index (κ1) is 16.4. The molecule has 0 radical (unpaired) electrons. The van der Waals surface area contributed by atoms with E-state index in [2.05, 4.69) is 53.7 Å². The molecule has 0 amide bonds. The fourth-order valence-corrected chi connectivity index (χ4v) is 3.87. The third kappa shape index (κ3) is 2.72. The monoisotopic (exact) mass is 361 g/mol. The molecular weight excluding hydrogens is 338 g/mol. The van der Waals surface area contributed by atoms with Crippen molar-refractivity contribution in [1.82, 2.24) is 19.5 Å². The second-order valence-corrected chi connectivity index (χ2v) is 7.37. The van der Waals surface area contributed by atoms with E-state index in [0.717, 1.165) is 47.9 Å². The molecule has 0 spiro atoms. The number of hydrogen-bond donors (Lipinski definition) is 0. The zero-order chi connectivity index (χ0) is 18.4. The Kier molecular flexibility index (Phi) is 3.93. The molecular formula is C21H23N5O. The minimum Gasteiger partial charge on any atom is -0.378 e. The maximum absolute atomic E-state index is 5.51. The molecule has 6 heteroatoms. The van der Waals surface area contributed by atoms with Crippen molar-refractivity contribution in [2.45, 2.75) is 26.3 Å². The molecule has 1 saturated heterocycles. The predicted octanol–water partition coefficient (Wildman–Crippen LogP) is 3.48.